The molecule has 0 unspecified atom stereocenters. The van der Waals surface area contributed by atoms with E-state index in [1.807, 2.05) is 0 Å². The van der Waals surface area contributed by atoms with Gasteiger partial charge in [0.15, 0.2) is 11.6 Å². The van der Waals surface area contributed by atoms with E-state index < -0.39 is 17.6 Å². The molecule has 0 aliphatic carbocycles. The monoisotopic (exact) mass is 268 g/mol. The van der Waals surface area contributed by atoms with E-state index in [1.165, 1.54) is 6.26 Å². The highest BCUT2D eigenvalue weighted by molar-refractivity contribution is 7.98. The molecule has 1 rings (SSSR count). The molecule has 17 heavy (non-hydrogen) atoms. The molecule has 0 radical (unpaired) electrons. The lowest BCUT2D eigenvalue weighted by Gasteiger charge is -2.15. The molecule has 0 heterocycles. The van der Waals surface area contributed by atoms with E-state index in [-0.39, 0.29) is 16.7 Å². The molecule has 0 saturated heterocycles. The van der Waals surface area contributed by atoms with Gasteiger partial charge in [-0.1, -0.05) is 0 Å². The van der Waals surface area contributed by atoms with Crippen LogP contribution in [-0.4, -0.2) is 12.4 Å². The molecule has 0 spiro atoms. The van der Waals surface area contributed by atoms with Crippen LogP contribution in [0.15, 0.2) is 17.0 Å². The molecule has 6 heteroatoms. The van der Waals surface area contributed by atoms with Gasteiger partial charge in [0, 0.05) is 4.90 Å². The maximum atomic E-state index is 13.7. The van der Waals surface area contributed by atoms with Crippen molar-refractivity contribution in [3.8, 4) is 5.75 Å². The minimum absolute atomic E-state index is 0.0736. The standard InChI is InChI=1S/C11H12F4OS/c1-6(2)16-8-4-7(11(13,14)15)5-9(17-3)10(8)12/h4-6H,1-3H3. The summed E-state index contributed by atoms with van der Waals surface area (Å²) in [6.45, 7) is 3.25. The summed E-state index contributed by atoms with van der Waals surface area (Å²) in [4.78, 5) is -0.0736. The Labute approximate surface area is 101 Å². The van der Waals surface area contributed by atoms with Crippen molar-refractivity contribution in [2.45, 2.75) is 31.0 Å². The molecule has 96 valence electrons. The lowest BCUT2D eigenvalue weighted by Crippen LogP contribution is -2.11. The van der Waals surface area contributed by atoms with Crippen LogP contribution in [-0.2, 0) is 6.18 Å². The first-order valence-corrected chi connectivity index (χ1v) is 6.09. The van der Waals surface area contributed by atoms with Crippen LogP contribution in [0.1, 0.15) is 19.4 Å². The van der Waals surface area contributed by atoms with Crippen molar-refractivity contribution in [2.75, 3.05) is 6.26 Å². The predicted molar refractivity (Wildman–Crippen MR) is 58.9 cm³/mol. The van der Waals surface area contributed by atoms with E-state index in [0.717, 1.165) is 17.8 Å². The van der Waals surface area contributed by atoms with E-state index in [0.29, 0.717) is 6.07 Å². The molecule has 0 aromatic heterocycles. The van der Waals surface area contributed by atoms with Gasteiger partial charge in [0.2, 0.25) is 0 Å². The molecule has 0 saturated carbocycles. The Bertz CT molecular complexity index is 401. The normalized spacial score (nSPS) is 12.0. The third-order valence-electron chi connectivity index (χ3n) is 1.92. The molecule has 0 atom stereocenters. The van der Waals surface area contributed by atoms with Crippen molar-refractivity contribution in [1.82, 2.24) is 0 Å². The van der Waals surface area contributed by atoms with Gasteiger partial charge >= 0.3 is 6.18 Å². The minimum Gasteiger partial charge on any atom is -0.488 e. The fourth-order valence-corrected chi connectivity index (χ4v) is 1.75. The molecule has 0 amide bonds. The van der Waals surface area contributed by atoms with Crippen LogP contribution in [0.2, 0.25) is 0 Å². The summed E-state index contributed by atoms with van der Waals surface area (Å²) in [5.74, 6) is -1.11. The Balaban J connectivity index is 3.28. The molecular weight excluding hydrogens is 256 g/mol. The average Bonchev–Trinajstić information content (AvgIpc) is 2.18. The topological polar surface area (TPSA) is 9.23 Å². The number of halogens is 4. The Morgan fingerprint density at radius 2 is 1.82 bits per heavy atom. The molecule has 0 fully saturated rings. The van der Waals surface area contributed by atoms with Gasteiger partial charge in [-0.05, 0) is 32.2 Å². The summed E-state index contributed by atoms with van der Waals surface area (Å²) >= 11 is 0.912. The van der Waals surface area contributed by atoms with Gasteiger partial charge in [-0.15, -0.1) is 11.8 Å². The van der Waals surface area contributed by atoms with Crippen molar-refractivity contribution >= 4 is 11.8 Å². The Morgan fingerprint density at radius 3 is 2.24 bits per heavy atom. The molecule has 0 N–H and O–H groups in total. The third kappa shape index (κ3) is 3.52. The van der Waals surface area contributed by atoms with Crippen molar-refractivity contribution in [2.24, 2.45) is 0 Å². The Kier molecular flexibility index (Phi) is 4.30. The fourth-order valence-electron chi connectivity index (χ4n) is 1.22. The second kappa shape index (κ2) is 5.16. The zero-order valence-corrected chi connectivity index (χ0v) is 10.4. The van der Waals surface area contributed by atoms with Crippen molar-refractivity contribution in [1.29, 1.82) is 0 Å². The maximum Gasteiger partial charge on any atom is 0.416 e. The molecule has 0 bridgehead atoms. The number of ether oxygens (including phenoxy) is 1. The van der Waals surface area contributed by atoms with Gasteiger partial charge in [-0.2, -0.15) is 13.2 Å². The van der Waals surface area contributed by atoms with Gasteiger partial charge in [0.05, 0.1) is 11.7 Å². The van der Waals surface area contributed by atoms with E-state index in [2.05, 4.69) is 0 Å². The Hall–Kier alpha value is -0.910. The largest absolute Gasteiger partial charge is 0.488 e. The average molecular weight is 268 g/mol. The van der Waals surface area contributed by atoms with E-state index in [9.17, 15) is 17.6 Å². The molecule has 0 aliphatic rings. The number of hydrogen-bond acceptors (Lipinski definition) is 2. The SMILES string of the molecule is CSc1cc(C(F)(F)F)cc(OC(C)C)c1F. The summed E-state index contributed by atoms with van der Waals surface area (Å²) < 4.78 is 56.4. The number of rotatable bonds is 3. The third-order valence-corrected chi connectivity index (χ3v) is 2.65. The Morgan fingerprint density at radius 1 is 1.24 bits per heavy atom. The van der Waals surface area contributed by atoms with E-state index in [1.54, 1.807) is 13.8 Å². The second-order valence-electron chi connectivity index (χ2n) is 3.65. The smallest absolute Gasteiger partial charge is 0.416 e. The maximum absolute atomic E-state index is 13.7. The summed E-state index contributed by atoms with van der Waals surface area (Å²) in [6.07, 6.45) is -3.38. The quantitative estimate of drug-likeness (QED) is 0.595. The van der Waals surface area contributed by atoms with Crippen LogP contribution < -0.4 is 4.74 Å². The number of hydrogen-bond donors (Lipinski definition) is 0. The highest BCUT2D eigenvalue weighted by Crippen LogP contribution is 2.37. The highest BCUT2D eigenvalue weighted by Gasteiger charge is 2.32. The van der Waals surface area contributed by atoms with Crippen molar-refractivity contribution in [3.63, 3.8) is 0 Å². The van der Waals surface area contributed by atoms with Gasteiger partial charge in [0.1, 0.15) is 0 Å². The predicted octanol–water partition coefficient (Wildman–Crippen LogP) is 4.35. The lowest BCUT2D eigenvalue weighted by atomic mass is 10.2. The summed E-state index contributed by atoms with van der Waals surface area (Å²) in [5, 5.41) is 0. The summed E-state index contributed by atoms with van der Waals surface area (Å²) in [5.41, 5.74) is -0.904. The zero-order chi connectivity index (χ0) is 13.2. The number of benzene rings is 1. The van der Waals surface area contributed by atoms with E-state index in [4.69, 9.17) is 4.74 Å². The van der Waals surface area contributed by atoms with Crippen LogP contribution in [0.3, 0.4) is 0 Å². The van der Waals surface area contributed by atoms with Crippen LogP contribution in [0.25, 0.3) is 0 Å². The second-order valence-corrected chi connectivity index (χ2v) is 4.50. The minimum atomic E-state index is -4.51. The van der Waals surface area contributed by atoms with E-state index >= 15 is 0 Å². The fraction of sp³-hybridized carbons (Fsp3) is 0.455. The van der Waals surface area contributed by atoms with Gasteiger partial charge in [0.25, 0.3) is 0 Å². The highest BCUT2D eigenvalue weighted by atomic mass is 32.2. The molecule has 0 aliphatic heterocycles. The molecule has 1 nitrogen and oxygen atoms in total. The van der Waals surface area contributed by atoms with Crippen molar-refractivity contribution in [3.05, 3.63) is 23.5 Å². The van der Waals surface area contributed by atoms with Crippen LogP contribution in [0.4, 0.5) is 17.6 Å². The molecular formula is C11H12F4OS. The van der Waals surface area contributed by atoms with Gasteiger partial charge in [-0.3, -0.25) is 0 Å². The summed E-state index contributed by atoms with van der Waals surface area (Å²) in [7, 11) is 0. The first-order valence-electron chi connectivity index (χ1n) is 4.87. The zero-order valence-electron chi connectivity index (χ0n) is 9.56. The van der Waals surface area contributed by atoms with Crippen LogP contribution in [0, 0.1) is 5.82 Å². The molecule has 1 aromatic rings. The molecule has 1 aromatic carbocycles. The van der Waals surface area contributed by atoms with Crippen LogP contribution in [0.5, 0.6) is 5.75 Å². The first kappa shape index (κ1) is 14.2. The van der Waals surface area contributed by atoms with Crippen molar-refractivity contribution < 1.29 is 22.3 Å². The summed E-state index contributed by atoms with van der Waals surface area (Å²) in [6, 6.07) is 1.47. The van der Waals surface area contributed by atoms with Gasteiger partial charge < -0.3 is 4.74 Å². The van der Waals surface area contributed by atoms with Crippen LogP contribution >= 0.6 is 11.8 Å². The number of thioether (sulfide) groups is 1. The van der Waals surface area contributed by atoms with Gasteiger partial charge in [-0.25, -0.2) is 4.39 Å². The number of alkyl halides is 3. The lowest BCUT2D eigenvalue weighted by molar-refractivity contribution is -0.137. The first-order chi connectivity index (χ1) is 7.75.